The summed E-state index contributed by atoms with van der Waals surface area (Å²) in [4.78, 5) is 11.6. The van der Waals surface area contributed by atoms with Gasteiger partial charge in [-0.1, -0.05) is 6.92 Å². The maximum Gasteiger partial charge on any atom is 0.220 e. The highest BCUT2D eigenvalue weighted by Gasteiger charge is 2.08. The lowest BCUT2D eigenvalue weighted by molar-refractivity contribution is -0.122. The minimum Gasteiger partial charge on any atom is -0.497 e. The molecule has 0 aromatic heterocycles. The maximum absolute atomic E-state index is 11.6. The first kappa shape index (κ1) is 16.3. The molecule has 1 atom stereocenters. The van der Waals surface area contributed by atoms with E-state index < -0.39 is 0 Å². The fraction of sp³-hybridized carbons (Fsp3) is 0.533. The summed E-state index contributed by atoms with van der Waals surface area (Å²) in [6.07, 6.45) is 1.98. The molecule has 20 heavy (non-hydrogen) atoms. The molecule has 1 aromatic carbocycles. The van der Waals surface area contributed by atoms with Gasteiger partial charge in [-0.3, -0.25) is 4.79 Å². The van der Waals surface area contributed by atoms with Crippen molar-refractivity contribution in [1.29, 1.82) is 0 Å². The number of nitrogens with two attached hydrogens (primary N) is 1. The van der Waals surface area contributed by atoms with Crippen molar-refractivity contribution < 1.29 is 14.3 Å². The van der Waals surface area contributed by atoms with Crippen LogP contribution in [0.3, 0.4) is 0 Å². The quantitative estimate of drug-likeness (QED) is 0.675. The number of carbonyl (C=O) groups is 1. The summed E-state index contributed by atoms with van der Waals surface area (Å²) in [5, 5.41) is 2.89. The number of ether oxygens (including phenoxy) is 2. The lowest BCUT2D eigenvalue weighted by Gasteiger charge is -2.14. The molecule has 0 bridgehead atoms. The molecule has 0 saturated heterocycles. The standard InChI is InChI=1S/C15H24N2O3/c1-3-12(11-16)17-15(18)5-4-10-20-14-8-6-13(19-2)7-9-14/h6-9,12H,3-5,10-11,16H2,1-2H3,(H,17,18). The van der Waals surface area contributed by atoms with Crippen LogP contribution in [0.2, 0.25) is 0 Å². The highest BCUT2D eigenvalue weighted by molar-refractivity contribution is 5.76. The van der Waals surface area contributed by atoms with Crippen LogP contribution in [0.5, 0.6) is 11.5 Å². The first-order chi connectivity index (χ1) is 9.69. The summed E-state index contributed by atoms with van der Waals surface area (Å²) in [6.45, 7) is 2.99. The van der Waals surface area contributed by atoms with E-state index in [1.165, 1.54) is 0 Å². The third-order valence-electron chi connectivity index (χ3n) is 3.02. The van der Waals surface area contributed by atoms with Gasteiger partial charge >= 0.3 is 0 Å². The van der Waals surface area contributed by atoms with E-state index in [4.69, 9.17) is 15.2 Å². The van der Waals surface area contributed by atoms with Crippen molar-refractivity contribution in [1.82, 2.24) is 5.32 Å². The van der Waals surface area contributed by atoms with Crippen molar-refractivity contribution in [3.05, 3.63) is 24.3 Å². The number of hydrogen-bond acceptors (Lipinski definition) is 4. The van der Waals surface area contributed by atoms with Crippen LogP contribution in [0.25, 0.3) is 0 Å². The molecule has 1 rings (SSSR count). The van der Waals surface area contributed by atoms with Crippen molar-refractivity contribution in [3.8, 4) is 11.5 Å². The highest BCUT2D eigenvalue weighted by Crippen LogP contribution is 2.17. The lowest BCUT2D eigenvalue weighted by atomic mass is 10.2. The van der Waals surface area contributed by atoms with Crippen LogP contribution in [0.1, 0.15) is 26.2 Å². The summed E-state index contributed by atoms with van der Waals surface area (Å²) in [5.74, 6) is 1.60. The van der Waals surface area contributed by atoms with Crippen molar-refractivity contribution >= 4 is 5.91 Å². The van der Waals surface area contributed by atoms with Gasteiger partial charge in [0.25, 0.3) is 0 Å². The molecule has 1 aromatic rings. The summed E-state index contributed by atoms with van der Waals surface area (Å²) in [5.41, 5.74) is 5.54. The number of methoxy groups -OCH3 is 1. The van der Waals surface area contributed by atoms with Crippen LogP contribution in [0, 0.1) is 0 Å². The fourth-order valence-corrected chi connectivity index (χ4v) is 1.72. The van der Waals surface area contributed by atoms with Crippen LogP contribution in [0.15, 0.2) is 24.3 Å². The van der Waals surface area contributed by atoms with E-state index in [2.05, 4.69) is 5.32 Å². The van der Waals surface area contributed by atoms with Gasteiger partial charge in [0, 0.05) is 19.0 Å². The van der Waals surface area contributed by atoms with Gasteiger partial charge in [-0.05, 0) is 37.1 Å². The predicted molar refractivity (Wildman–Crippen MR) is 79.0 cm³/mol. The third-order valence-corrected chi connectivity index (χ3v) is 3.02. The Balaban J connectivity index is 2.19. The van der Waals surface area contributed by atoms with Crippen molar-refractivity contribution in [2.75, 3.05) is 20.3 Å². The number of benzene rings is 1. The van der Waals surface area contributed by atoms with Crippen LogP contribution in [-0.2, 0) is 4.79 Å². The largest absolute Gasteiger partial charge is 0.497 e. The average Bonchev–Trinajstić information content (AvgIpc) is 2.49. The van der Waals surface area contributed by atoms with Gasteiger partial charge in [-0.15, -0.1) is 0 Å². The second kappa shape index (κ2) is 9.20. The van der Waals surface area contributed by atoms with E-state index in [-0.39, 0.29) is 11.9 Å². The Morgan fingerprint density at radius 2 is 1.95 bits per heavy atom. The van der Waals surface area contributed by atoms with Gasteiger partial charge in [0.05, 0.1) is 13.7 Å². The van der Waals surface area contributed by atoms with Gasteiger partial charge in [-0.2, -0.15) is 0 Å². The topological polar surface area (TPSA) is 73.6 Å². The van der Waals surface area contributed by atoms with E-state index in [9.17, 15) is 4.79 Å². The number of carbonyl (C=O) groups excluding carboxylic acids is 1. The summed E-state index contributed by atoms with van der Waals surface area (Å²) >= 11 is 0. The number of hydrogen-bond donors (Lipinski definition) is 2. The summed E-state index contributed by atoms with van der Waals surface area (Å²) in [6, 6.07) is 7.45. The summed E-state index contributed by atoms with van der Waals surface area (Å²) in [7, 11) is 1.62. The maximum atomic E-state index is 11.6. The minimum atomic E-state index is 0.0284. The molecule has 0 heterocycles. The van der Waals surface area contributed by atoms with Gasteiger partial charge in [0.15, 0.2) is 0 Å². The highest BCUT2D eigenvalue weighted by atomic mass is 16.5. The van der Waals surface area contributed by atoms with Crippen molar-refractivity contribution in [3.63, 3.8) is 0 Å². The molecule has 5 nitrogen and oxygen atoms in total. The Labute approximate surface area is 120 Å². The second-order valence-corrected chi connectivity index (χ2v) is 4.54. The molecule has 0 aliphatic carbocycles. The minimum absolute atomic E-state index is 0.0284. The first-order valence-corrected chi connectivity index (χ1v) is 6.95. The van der Waals surface area contributed by atoms with Crippen molar-refractivity contribution in [2.45, 2.75) is 32.2 Å². The molecular weight excluding hydrogens is 256 g/mol. The van der Waals surface area contributed by atoms with E-state index in [1.54, 1.807) is 7.11 Å². The van der Waals surface area contributed by atoms with Crippen LogP contribution < -0.4 is 20.5 Å². The van der Waals surface area contributed by atoms with Gasteiger partial charge in [0.1, 0.15) is 11.5 Å². The molecule has 0 saturated carbocycles. The van der Waals surface area contributed by atoms with E-state index in [0.29, 0.717) is 26.0 Å². The molecule has 0 radical (unpaired) electrons. The molecule has 1 amide bonds. The Morgan fingerprint density at radius 1 is 1.30 bits per heavy atom. The molecule has 1 unspecified atom stereocenters. The Bertz CT molecular complexity index is 389. The Morgan fingerprint density at radius 3 is 2.50 bits per heavy atom. The van der Waals surface area contributed by atoms with Gasteiger partial charge < -0.3 is 20.5 Å². The molecular formula is C15H24N2O3. The number of nitrogens with one attached hydrogen (secondary N) is 1. The normalized spacial score (nSPS) is 11.8. The van der Waals surface area contributed by atoms with Gasteiger partial charge in [-0.25, -0.2) is 0 Å². The monoisotopic (exact) mass is 280 g/mol. The average molecular weight is 280 g/mol. The number of amides is 1. The Kier molecular flexibility index (Phi) is 7.50. The first-order valence-electron chi connectivity index (χ1n) is 6.95. The van der Waals surface area contributed by atoms with Crippen molar-refractivity contribution in [2.24, 2.45) is 5.73 Å². The SMILES string of the molecule is CCC(CN)NC(=O)CCCOc1ccc(OC)cc1. The van der Waals surface area contributed by atoms with Crippen LogP contribution in [-0.4, -0.2) is 32.2 Å². The predicted octanol–water partition coefficient (Wildman–Crippen LogP) is 1.71. The molecule has 0 spiro atoms. The van der Waals surface area contributed by atoms with Crippen LogP contribution >= 0.6 is 0 Å². The fourth-order valence-electron chi connectivity index (χ4n) is 1.72. The zero-order valence-corrected chi connectivity index (χ0v) is 12.2. The molecule has 3 N–H and O–H groups in total. The number of rotatable bonds is 9. The smallest absolute Gasteiger partial charge is 0.220 e. The van der Waals surface area contributed by atoms with E-state index >= 15 is 0 Å². The zero-order chi connectivity index (χ0) is 14.8. The summed E-state index contributed by atoms with van der Waals surface area (Å²) < 4.78 is 10.6. The third kappa shape index (κ3) is 5.93. The molecule has 5 heteroatoms. The zero-order valence-electron chi connectivity index (χ0n) is 12.2. The van der Waals surface area contributed by atoms with Crippen LogP contribution in [0.4, 0.5) is 0 Å². The molecule has 0 fully saturated rings. The molecule has 0 aliphatic rings. The lowest BCUT2D eigenvalue weighted by Crippen LogP contribution is -2.39. The van der Waals surface area contributed by atoms with E-state index in [0.717, 1.165) is 17.9 Å². The van der Waals surface area contributed by atoms with E-state index in [1.807, 2.05) is 31.2 Å². The Hall–Kier alpha value is -1.75. The molecule has 0 aliphatic heterocycles. The molecule has 112 valence electrons. The second-order valence-electron chi connectivity index (χ2n) is 4.54. The van der Waals surface area contributed by atoms with Gasteiger partial charge in [0.2, 0.25) is 5.91 Å².